The molecule has 3 heteroatoms. The normalized spacial score (nSPS) is 11.7. The van der Waals surface area contributed by atoms with Crippen LogP contribution >= 0.6 is 0 Å². The topological polar surface area (TPSA) is 21.3 Å². The van der Waals surface area contributed by atoms with E-state index in [4.69, 9.17) is 4.42 Å². The van der Waals surface area contributed by atoms with Crippen molar-refractivity contribution in [3.05, 3.63) is 218 Å². The molecule has 12 aromatic rings. The summed E-state index contributed by atoms with van der Waals surface area (Å²) in [6.07, 6.45) is 0. The van der Waals surface area contributed by atoms with Gasteiger partial charge in [-0.05, 0) is 111 Å². The van der Waals surface area contributed by atoms with Gasteiger partial charge in [0.15, 0.2) is 0 Å². The molecule has 0 aliphatic heterocycles. The van der Waals surface area contributed by atoms with Crippen LogP contribution in [0.25, 0.3) is 93.2 Å². The summed E-state index contributed by atoms with van der Waals surface area (Å²) in [6, 6.07) is 78.6. The number of aromatic nitrogens is 1. The number of para-hydroxylation sites is 4. The molecule has 0 aliphatic carbocycles. The Kier molecular flexibility index (Phi) is 7.54. The molecule has 3 nitrogen and oxygen atoms in total. The average Bonchev–Trinajstić information content (AvgIpc) is 3.85. The Morgan fingerprint density at radius 1 is 0.356 bits per heavy atom. The molecule has 2 heterocycles. The summed E-state index contributed by atoms with van der Waals surface area (Å²) in [6.45, 7) is 0. The Labute approximate surface area is 341 Å². The lowest BCUT2D eigenvalue weighted by Gasteiger charge is -2.28. The highest BCUT2D eigenvalue weighted by atomic mass is 16.3. The van der Waals surface area contributed by atoms with Crippen molar-refractivity contribution in [3.8, 4) is 27.9 Å². The van der Waals surface area contributed by atoms with Crippen LogP contribution in [0.15, 0.2) is 223 Å². The van der Waals surface area contributed by atoms with Gasteiger partial charge in [-0.2, -0.15) is 0 Å². The van der Waals surface area contributed by atoms with Gasteiger partial charge < -0.3 is 13.9 Å². The van der Waals surface area contributed by atoms with Gasteiger partial charge in [0, 0.05) is 44.2 Å². The van der Waals surface area contributed by atoms with Crippen molar-refractivity contribution in [1.29, 1.82) is 0 Å². The van der Waals surface area contributed by atoms with Gasteiger partial charge in [-0.25, -0.2) is 0 Å². The second-order valence-electron chi connectivity index (χ2n) is 15.3. The minimum Gasteiger partial charge on any atom is -0.455 e. The van der Waals surface area contributed by atoms with Crippen LogP contribution in [0.5, 0.6) is 0 Å². The number of hydrogen-bond donors (Lipinski definition) is 0. The summed E-state index contributed by atoms with van der Waals surface area (Å²) < 4.78 is 9.19. The maximum absolute atomic E-state index is 6.83. The van der Waals surface area contributed by atoms with E-state index < -0.39 is 0 Å². The van der Waals surface area contributed by atoms with E-state index in [9.17, 15) is 0 Å². The Bertz CT molecular complexity index is 3490. The maximum atomic E-state index is 6.83. The second-order valence-corrected chi connectivity index (χ2v) is 15.3. The Hall–Kier alpha value is -7.88. The average molecular weight is 753 g/mol. The first-order valence-electron chi connectivity index (χ1n) is 20.2. The maximum Gasteiger partial charge on any atom is 0.145 e. The number of nitrogens with zero attached hydrogens (tertiary/aromatic N) is 2. The lowest BCUT2D eigenvalue weighted by Crippen LogP contribution is -2.11. The van der Waals surface area contributed by atoms with Gasteiger partial charge in [-0.15, -0.1) is 0 Å². The zero-order chi connectivity index (χ0) is 38.9. The second kappa shape index (κ2) is 13.4. The Balaban J connectivity index is 1.02. The van der Waals surface area contributed by atoms with Crippen LogP contribution in [0.2, 0.25) is 0 Å². The highest BCUT2D eigenvalue weighted by Crippen LogP contribution is 2.47. The van der Waals surface area contributed by atoms with Crippen LogP contribution in [0.4, 0.5) is 17.1 Å². The zero-order valence-corrected chi connectivity index (χ0v) is 32.1. The Morgan fingerprint density at radius 3 is 1.68 bits per heavy atom. The number of fused-ring (bicyclic) bond motifs is 9. The molecular formula is C56H36N2O. The molecule has 0 fully saturated rings. The molecule has 0 aliphatic rings. The molecular weight excluding hydrogens is 717 g/mol. The molecule has 12 rings (SSSR count). The first-order valence-corrected chi connectivity index (χ1v) is 20.2. The minimum atomic E-state index is 0.870. The fourth-order valence-corrected chi connectivity index (χ4v) is 9.22. The monoisotopic (exact) mass is 752 g/mol. The van der Waals surface area contributed by atoms with Crippen LogP contribution in [0, 0.1) is 0 Å². The molecule has 10 aromatic carbocycles. The molecule has 59 heavy (non-hydrogen) atoms. The van der Waals surface area contributed by atoms with Crippen LogP contribution < -0.4 is 4.90 Å². The van der Waals surface area contributed by atoms with Gasteiger partial charge in [0.05, 0.1) is 16.7 Å². The first-order chi connectivity index (χ1) is 29.3. The van der Waals surface area contributed by atoms with Gasteiger partial charge in [-0.1, -0.05) is 146 Å². The third kappa shape index (κ3) is 5.36. The molecule has 0 saturated carbocycles. The predicted molar refractivity (Wildman–Crippen MR) is 249 cm³/mol. The summed E-state index contributed by atoms with van der Waals surface area (Å²) in [7, 11) is 0. The van der Waals surface area contributed by atoms with E-state index in [1.54, 1.807) is 0 Å². The molecule has 0 radical (unpaired) electrons. The fraction of sp³-hybridized carbons (Fsp3) is 0. The molecule has 276 valence electrons. The quantitative estimate of drug-likeness (QED) is 0.158. The van der Waals surface area contributed by atoms with E-state index in [1.165, 1.54) is 54.5 Å². The van der Waals surface area contributed by atoms with Crippen molar-refractivity contribution in [2.45, 2.75) is 0 Å². The molecule has 0 bridgehead atoms. The number of furan rings is 1. The van der Waals surface area contributed by atoms with E-state index in [0.29, 0.717) is 0 Å². The van der Waals surface area contributed by atoms with Gasteiger partial charge in [-0.3, -0.25) is 0 Å². The third-order valence-electron chi connectivity index (χ3n) is 12.0. The van der Waals surface area contributed by atoms with Crippen molar-refractivity contribution in [3.63, 3.8) is 0 Å². The van der Waals surface area contributed by atoms with Gasteiger partial charge in [0.1, 0.15) is 11.2 Å². The largest absolute Gasteiger partial charge is 0.455 e. The van der Waals surface area contributed by atoms with E-state index in [-0.39, 0.29) is 0 Å². The molecule has 0 amide bonds. The summed E-state index contributed by atoms with van der Waals surface area (Å²) in [5.41, 5.74) is 12.9. The van der Waals surface area contributed by atoms with Crippen molar-refractivity contribution in [2.24, 2.45) is 0 Å². The molecule has 2 aromatic heterocycles. The van der Waals surface area contributed by atoms with Crippen LogP contribution in [-0.4, -0.2) is 4.57 Å². The highest BCUT2D eigenvalue weighted by Gasteiger charge is 2.23. The third-order valence-corrected chi connectivity index (χ3v) is 12.0. The highest BCUT2D eigenvalue weighted by molar-refractivity contribution is 6.14. The minimum absolute atomic E-state index is 0.870. The van der Waals surface area contributed by atoms with Gasteiger partial charge >= 0.3 is 0 Å². The van der Waals surface area contributed by atoms with E-state index in [0.717, 1.165) is 55.8 Å². The van der Waals surface area contributed by atoms with Gasteiger partial charge in [0.2, 0.25) is 0 Å². The standard InChI is InChI=1S/C56H36N2O/c1-2-13-42(14-3-1)57(43-29-24-37(25-30-43)40-28-33-46-41(36-40)23-22-38-12-4-5-15-45(38)46)53-35-34-50-49-18-8-11-21-54(49)59-56(50)55(53)39-26-31-44(32-27-39)58-51-19-9-6-16-47(51)48-17-7-10-20-52(48)58/h1-36H. The number of anilines is 3. The zero-order valence-electron chi connectivity index (χ0n) is 32.1. The van der Waals surface area contributed by atoms with Gasteiger partial charge in [0.25, 0.3) is 0 Å². The Morgan fingerprint density at radius 2 is 0.915 bits per heavy atom. The van der Waals surface area contributed by atoms with Crippen LogP contribution in [0.3, 0.4) is 0 Å². The molecule has 0 spiro atoms. The molecule has 0 atom stereocenters. The van der Waals surface area contributed by atoms with Crippen molar-refractivity contribution in [1.82, 2.24) is 4.57 Å². The van der Waals surface area contributed by atoms with E-state index in [1.807, 2.05) is 6.07 Å². The van der Waals surface area contributed by atoms with Crippen molar-refractivity contribution < 1.29 is 4.42 Å². The summed E-state index contributed by atoms with van der Waals surface area (Å²) in [5.74, 6) is 0. The lowest BCUT2D eigenvalue weighted by molar-refractivity contribution is 0.670. The van der Waals surface area contributed by atoms with Crippen LogP contribution in [0.1, 0.15) is 0 Å². The van der Waals surface area contributed by atoms with Crippen molar-refractivity contribution >= 4 is 82.4 Å². The number of rotatable bonds is 6. The summed E-state index contributed by atoms with van der Waals surface area (Å²) >= 11 is 0. The van der Waals surface area contributed by atoms with E-state index in [2.05, 4.69) is 222 Å². The van der Waals surface area contributed by atoms with Crippen LogP contribution in [-0.2, 0) is 0 Å². The number of hydrogen-bond acceptors (Lipinski definition) is 2. The smallest absolute Gasteiger partial charge is 0.145 e. The SMILES string of the molecule is c1ccc(N(c2ccc(-c3ccc4c(ccc5ccccc54)c3)cc2)c2ccc3c(oc4ccccc43)c2-c2ccc(-n3c4ccccc4c4ccccc43)cc2)cc1. The number of benzene rings is 10. The molecule has 0 N–H and O–H groups in total. The molecule has 0 saturated heterocycles. The summed E-state index contributed by atoms with van der Waals surface area (Å²) in [4.78, 5) is 2.36. The predicted octanol–water partition coefficient (Wildman–Crippen LogP) is 15.8. The fourth-order valence-electron chi connectivity index (χ4n) is 9.22. The first kappa shape index (κ1) is 33.3. The molecule has 0 unspecified atom stereocenters. The lowest BCUT2D eigenvalue weighted by atomic mass is 9.96. The van der Waals surface area contributed by atoms with Crippen molar-refractivity contribution in [2.75, 3.05) is 4.90 Å². The summed E-state index contributed by atoms with van der Waals surface area (Å²) in [5, 5.41) is 9.76. The van der Waals surface area contributed by atoms with E-state index >= 15 is 0 Å².